The highest BCUT2D eigenvalue weighted by Gasteiger charge is 2.26. The Hall–Kier alpha value is -2.96. The van der Waals surface area contributed by atoms with E-state index in [0.29, 0.717) is 24.3 Å². The highest BCUT2D eigenvalue weighted by atomic mass is 16.2. The first-order valence-electron chi connectivity index (χ1n) is 8.87. The van der Waals surface area contributed by atoms with Crippen molar-refractivity contribution in [2.75, 3.05) is 29.9 Å². The molecule has 1 atom stereocenters. The van der Waals surface area contributed by atoms with E-state index in [1.807, 2.05) is 6.92 Å². The Morgan fingerprint density at radius 3 is 2.96 bits per heavy atom. The number of nitrogens with one attached hydrogen (secondary N) is 2. The summed E-state index contributed by atoms with van der Waals surface area (Å²) in [5.41, 5.74) is 1.17. The molecule has 1 aliphatic rings. The zero-order valence-electron chi connectivity index (χ0n) is 14.8. The molecule has 0 unspecified atom stereocenters. The zero-order chi connectivity index (χ0) is 18.4. The molecule has 0 radical (unpaired) electrons. The first-order chi connectivity index (χ1) is 12.7. The fourth-order valence-corrected chi connectivity index (χ4v) is 3.10. The first-order valence-corrected chi connectivity index (χ1v) is 8.87. The molecule has 2 amide bonds. The van der Waals surface area contributed by atoms with E-state index in [-0.39, 0.29) is 17.7 Å². The summed E-state index contributed by atoms with van der Waals surface area (Å²) in [6.45, 7) is 3.92. The number of anilines is 2. The lowest BCUT2D eigenvalue weighted by Gasteiger charge is -2.32. The van der Waals surface area contributed by atoms with Crippen LogP contribution in [-0.4, -0.2) is 41.4 Å². The Morgan fingerprint density at radius 2 is 2.19 bits per heavy atom. The van der Waals surface area contributed by atoms with E-state index < -0.39 is 0 Å². The molecule has 1 saturated heterocycles. The topological polar surface area (TPSA) is 87.2 Å². The third-order valence-electron chi connectivity index (χ3n) is 4.40. The summed E-state index contributed by atoms with van der Waals surface area (Å²) in [4.78, 5) is 35.1. The first kappa shape index (κ1) is 17.8. The van der Waals surface area contributed by atoms with Crippen LogP contribution in [0.15, 0.2) is 42.9 Å². The van der Waals surface area contributed by atoms with Gasteiger partial charge in [-0.1, -0.05) is 6.07 Å². The van der Waals surface area contributed by atoms with Crippen molar-refractivity contribution >= 4 is 23.3 Å². The van der Waals surface area contributed by atoms with Crippen molar-refractivity contribution in [2.45, 2.75) is 19.8 Å². The summed E-state index contributed by atoms with van der Waals surface area (Å²) < 4.78 is 0. The van der Waals surface area contributed by atoms with E-state index in [1.165, 1.54) is 0 Å². The number of amides is 2. The van der Waals surface area contributed by atoms with Crippen LogP contribution in [0.2, 0.25) is 0 Å². The Kier molecular flexibility index (Phi) is 5.78. The Labute approximate surface area is 152 Å². The van der Waals surface area contributed by atoms with Gasteiger partial charge < -0.3 is 15.5 Å². The molecule has 2 heterocycles. The zero-order valence-corrected chi connectivity index (χ0v) is 14.8. The highest BCUT2D eigenvalue weighted by molar-refractivity contribution is 5.97. The van der Waals surface area contributed by atoms with Gasteiger partial charge in [-0.2, -0.15) is 0 Å². The number of aromatic nitrogens is 2. The van der Waals surface area contributed by atoms with Crippen molar-refractivity contribution in [3.63, 3.8) is 0 Å². The largest absolute Gasteiger partial charge is 0.355 e. The maximum Gasteiger partial charge on any atom is 0.251 e. The van der Waals surface area contributed by atoms with E-state index in [1.54, 1.807) is 42.9 Å². The summed E-state index contributed by atoms with van der Waals surface area (Å²) >= 11 is 0. The molecule has 0 saturated carbocycles. The van der Waals surface area contributed by atoms with E-state index in [9.17, 15) is 9.59 Å². The molecule has 0 aliphatic carbocycles. The average molecular weight is 353 g/mol. The minimum absolute atomic E-state index is 0.0355. The van der Waals surface area contributed by atoms with Crippen LogP contribution in [0.5, 0.6) is 0 Å². The molecule has 136 valence electrons. The number of carbonyl (C=O) groups excluding carboxylic acids is 2. The van der Waals surface area contributed by atoms with Crippen LogP contribution in [0.1, 0.15) is 30.1 Å². The molecule has 1 fully saturated rings. The number of hydrogen-bond acceptors (Lipinski definition) is 5. The number of nitrogens with zero attached hydrogens (tertiary/aromatic N) is 3. The quantitative estimate of drug-likeness (QED) is 0.859. The van der Waals surface area contributed by atoms with Crippen LogP contribution in [0.4, 0.5) is 11.5 Å². The van der Waals surface area contributed by atoms with Gasteiger partial charge >= 0.3 is 0 Å². The van der Waals surface area contributed by atoms with Crippen LogP contribution in [0, 0.1) is 5.92 Å². The van der Waals surface area contributed by atoms with Gasteiger partial charge in [0.2, 0.25) is 5.91 Å². The Bertz CT molecular complexity index is 766. The van der Waals surface area contributed by atoms with Gasteiger partial charge in [0, 0.05) is 43.3 Å². The summed E-state index contributed by atoms with van der Waals surface area (Å²) in [6, 6.07) is 7.00. The molecule has 1 aromatic carbocycles. The van der Waals surface area contributed by atoms with Crippen molar-refractivity contribution < 1.29 is 9.59 Å². The van der Waals surface area contributed by atoms with Crippen LogP contribution in [0.3, 0.4) is 0 Å². The van der Waals surface area contributed by atoms with Gasteiger partial charge in [-0.25, -0.2) is 4.98 Å². The van der Waals surface area contributed by atoms with Crippen LogP contribution in [-0.2, 0) is 4.79 Å². The van der Waals surface area contributed by atoms with Crippen molar-refractivity contribution in [1.29, 1.82) is 0 Å². The lowest BCUT2D eigenvalue weighted by Crippen LogP contribution is -2.41. The number of piperidine rings is 1. The molecule has 3 rings (SSSR count). The second kappa shape index (κ2) is 8.42. The fourth-order valence-electron chi connectivity index (χ4n) is 3.10. The SMILES string of the molecule is CCNC(=O)c1cccc(NC(=O)[C@@H]2CCCN(c3cnccn3)C2)c1. The standard InChI is InChI=1S/C19H23N5O2/c1-2-21-18(25)14-5-3-7-16(11-14)23-19(26)15-6-4-10-24(13-15)17-12-20-8-9-22-17/h3,5,7-9,11-12,15H,2,4,6,10,13H2,1H3,(H,21,25)(H,23,26)/t15-/m1/s1. The third-order valence-corrected chi connectivity index (χ3v) is 4.40. The molecule has 0 bridgehead atoms. The minimum atomic E-state index is -0.143. The molecule has 26 heavy (non-hydrogen) atoms. The maximum absolute atomic E-state index is 12.7. The molecule has 1 aliphatic heterocycles. The van der Waals surface area contributed by atoms with Gasteiger partial charge in [0.25, 0.3) is 5.91 Å². The molecular formula is C19H23N5O2. The molecular weight excluding hydrogens is 330 g/mol. The van der Waals surface area contributed by atoms with Crippen molar-refractivity contribution in [3.05, 3.63) is 48.4 Å². The molecule has 7 heteroatoms. The molecule has 7 nitrogen and oxygen atoms in total. The molecule has 1 aromatic heterocycles. The van der Waals surface area contributed by atoms with Crippen LogP contribution < -0.4 is 15.5 Å². The van der Waals surface area contributed by atoms with Crippen LogP contribution in [0.25, 0.3) is 0 Å². The average Bonchev–Trinajstić information content (AvgIpc) is 2.69. The van der Waals surface area contributed by atoms with Gasteiger partial charge in [-0.05, 0) is 38.0 Å². The summed E-state index contributed by atoms with van der Waals surface area (Å²) in [7, 11) is 0. The lowest BCUT2D eigenvalue weighted by atomic mass is 9.97. The van der Waals surface area contributed by atoms with Crippen molar-refractivity contribution in [3.8, 4) is 0 Å². The van der Waals surface area contributed by atoms with Gasteiger partial charge in [-0.3, -0.25) is 14.6 Å². The van der Waals surface area contributed by atoms with E-state index in [0.717, 1.165) is 25.2 Å². The Balaban J connectivity index is 1.64. The number of hydrogen-bond donors (Lipinski definition) is 2. The maximum atomic E-state index is 12.7. The Morgan fingerprint density at radius 1 is 1.31 bits per heavy atom. The van der Waals surface area contributed by atoms with Crippen molar-refractivity contribution in [2.24, 2.45) is 5.92 Å². The number of rotatable bonds is 5. The highest BCUT2D eigenvalue weighted by Crippen LogP contribution is 2.22. The molecule has 0 spiro atoms. The van der Waals surface area contributed by atoms with E-state index in [2.05, 4.69) is 25.5 Å². The summed E-state index contributed by atoms with van der Waals surface area (Å²) in [5, 5.41) is 5.70. The second-order valence-corrected chi connectivity index (χ2v) is 6.28. The van der Waals surface area contributed by atoms with Gasteiger partial charge in [0.15, 0.2) is 0 Å². The van der Waals surface area contributed by atoms with E-state index >= 15 is 0 Å². The predicted molar refractivity (Wildman–Crippen MR) is 100 cm³/mol. The minimum Gasteiger partial charge on any atom is -0.355 e. The predicted octanol–water partition coefficient (Wildman–Crippen LogP) is 2.08. The number of carbonyl (C=O) groups is 2. The van der Waals surface area contributed by atoms with Crippen LogP contribution >= 0.6 is 0 Å². The fraction of sp³-hybridized carbons (Fsp3) is 0.368. The van der Waals surface area contributed by atoms with Crippen molar-refractivity contribution in [1.82, 2.24) is 15.3 Å². The van der Waals surface area contributed by atoms with Gasteiger partial charge in [0.1, 0.15) is 5.82 Å². The van der Waals surface area contributed by atoms with Gasteiger partial charge in [-0.15, -0.1) is 0 Å². The third kappa shape index (κ3) is 4.36. The normalized spacial score (nSPS) is 16.8. The second-order valence-electron chi connectivity index (χ2n) is 6.28. The lowest BCUT2D eigenvalue weighted by molar-refractivity contribution is -0.120. The number of benzene rings is 1. The molecule has 2 aromatic rings. The molecule has 2 N–H and O–H groups in total. The van der Waals surface area contributed by atoms with Gasteiger partial charge in [0.05, 0.1) is 12.1 Å². The summed E-state index contributed by atoms with van der Waals surface area (Å²) in [6.07, 6.45) is 6.77. The monoisotopic (exact) mass is 353 g/mol. The summed E-state index contributed by atoms with van der Waals surface area (Å²) in [5.74, 6) is 0.490. The van der Waals surface area contributed by atoms with E-state index in [4.69, 9.17) is 0 Å². The smallest absolute Gasteiger partial charge is 0.251 e.